The van der Waals surface area contributed by atoms with Crippen molar-refractivity contribution >= 4 is 17.7 Å². The van der Waals surface area contributed by atoms with Crippen LogP contribution in [0, 0.1) is 5.92 Å². The van der Waals surface area contributed by atoms with Crippen molar-refractivity contribution in [1.82, 2.24) is 14.7 Å². The average molecular weight is 479 g/mol. The van der Waals surface area contributed by atoms with E-state index in [1.54, 1.807) is 0 Å². The second kappa shape index (κ2) is 8.88. The maximum atomic E-state index is 13.2. The van der Waals surface area contributed by atoms with E-state index in [0.29, 0.717) is 13.1 Å². The molecule has 0 radical (unpaired) electrons. The van der Waals surface area contributed by atoms with Crippen LogP contribution in [0.5, 0.6) is 5.75 Å². The van der Waals surface area contributed by atoms with Gasteiger partial charge in [-0.1, -0.05) is 0 Å². The van der Waals surface area contributed by atoms with Gasteiger partial charge < -0.3 is 19.6 Å². The molecule has 0 unspecified atom stereocenters. The number of carbonyl (C=O) groups excluding carboxylic acids is 1. The molecule has 2 aliphatic carbocycles. The highest BCUT2D eigenvalue weighted by atomic mass is 16.5. The lowest BCUT2D eigenvalue weighted by Crippen LogP contribution is -2.43. The van der Waals surface area contributed by atoms with Crippen LogP contribution < -0.4 is 9.64 Å². The maximum absolute atomic E-state index is 13.2. The molecule has 1 aromatic carbocycles. The summed E-state index contributed by atoms with van der Waals surface area (Å²) in [5, 5.41) is 13.9. The first kappa shape index (κ1) is 22.4. The molecule has 0 spiro atoms. The summed E-state index contributed by atoms with van der Waals surface area (Å²) >= 11 is 0. The van der Waals surface area contributed by atoms with Crippen molar-refractivity contribution in [3.05, 3.63) is 30.1 Å². The van der Waals surface area contributed by atoms with Crippen molar-refractivity contribution in [1.29, 1.82) is 0 Å². The third-order valence-corrected chi connectivity index (χ3v) is 8.27. The molecule has 1 atom stereocenters. The van der Waals surface area contributed by atoms with Gasteiger partial charge in [-0.2, -0.15) is 5.10 Å². The van der Waals surface area contributed by atoms with E-state index in [4.69, 9.17) is 4.74 Å². The molecule has 3 heterocycles. The number of rotatable bonds is 5. The fourth-order valence-electron chi connectivity index (χ4n) is 5.68. The molecule has 1 saturated heterocycles. The lowest BCUT2D eigenvalue weighted by atomic mass is 9.91. The molecule has 2 amide bonds. The summed E-state index contributed by atoms with van der Waals surface area (Å²) in [5.74, 6) is 1.37. The Morgan fingerprint density at radius 2 is 1.83 bits per heavy atom. The summed E-state index contributed by atoms with van der Waals surface area (Å²) in [4.78, 5) is 27.9. The van der Waals surface area contributed by atoms with Gasteiger partial charge in [0.15, 0.2) is 0 Å². The molecule has 6 rings (SSSR count). The summed E-state index contributed by atoms with van der Waals surface area (Å²) in [5.41, 5.74) is 4.23. The van der Waals surface area contributed by atoms with Crippen LogP contribution in [0.2, 0.25) is 0 Å². The number of carbonyl (C=O) groups is 2. The minimum absolute atomic E-state index is 0.185. The van der Waals surface area contributed by atoms with Gasteiger partial charge in [0.25, 0.3) is 0 Å². The summed E-state index contributed by atoms with van der Waals surface area (Å²) in [6.07, 6.45) is 12.1. The van der Waals surface area contributed by atoms with Crippen LogP contribution in [-0.4, -0.2) is 57.0 Å². The van der Waals surface area contributed by atoms with E-state index in [-0.39, 0.29) is 30.0 Å². The minimum atomic E-state index is -0.847. The molecule has 8 heteroatoms. The Morgan fingerprint density at radius 3 is 2.49 bits per heavy atom. The van der Waals surface area contributed by atoms with E-state index >= 15 is 0 Å². The van der Waals surface area contributed by atoms with E-state index in [1.165, 1.54) is 11.3 Å². The monoisotopic (exact) mass is 478 g/mol. The molecule has 2 saturated carbocycles. The summed E-state index contributed by atoms with van der Waals surface area (Å²) in [6, 6.07) is 4.61. The van der Waals surface area contributed by atoms with Crippen molar-refractivity contribution in [3.8, 4) is 16.9 Å². The van der Waals surface area contributed by atoms with E-state index in [9.17, 15) is 14.7 Å². The fraction of sp³-hybridized carbons (Fsp3) is 0.593. The van der Waals surface area contributed by atoms with Crippen LogP contribution >= 0.6 is 0 Å². The molecule has 2 aromatic rings. The summed E-state index contributed by atoms with van der Waals surface area (Å²) < 4.78 is 8.61. The van der Waals surface area contributed by atoms with Gasteiger partial charge in [0.05, 0.1) is 24.0 Å². The molecule has 3 fully saturated rings. The molecule has 0 bridgehead atoms. The van der Waals surface area contributed by atoms with Crippen LogP contribution in [0.25, 0.3) is 11.1 Å². The third-order valence-electron chi connectivity index (χ3n) is 8.27. The first-order valence-corrected chi connectivity index (χ1v) is 13.2. The largest absolute Gasteiger partial charge is 0.489 e. The Balaban J connectivity index is 1.32. The topological polar surface area (TPSA) is 87.9 Å². The smallest absolute Gasteiger partial charge is 0.407 e. The van der Waals surface area contributed by atoms with Gasteiger partial charge in [-0.15, -0.1) is 0 Å². The minimum Gasteiger partial charge on any atom is -0.489 e. The Hall–Kier alpha value is -3.03. The molecule has 8 nitrogen and oxygen atoms in total. The highest BCUT2D eigenvalue weighted by molar-refractivity contribution is 5.99. The van der Waals surface area contributed by atoms with E-state index in [0.717, 1.165) is 79.5 Å². The number of hydrogen-bond acceptors (Lipinski definition) is 4. The molecular weight excluding hydrogens is 444 g/mol. The van der Waals surface area contributed by atoms with Gasteiger partial charge in [0.2, 0.25) is 5.91 Å². The molecule has 186 valence electrons. The Labute approximate surface area is 205 Å². The van der Waals surface area contributed by atoms with E-state index in [1.807, 2.05) is 15.8 Å². The molecule has 1 N–H and O–H groups in total. The first-order valence-electron chi connectivity index (χ1n) is 13.2. The second-order valence-corrected chi connectivity index (χ2v) is 10.7. The summed E-state index contributed by atoms with van der Waals surface area (Å²) in [7, 11) is 0. The third kappa shape index (κ3) is 4.17. The predicted octanol–water partition coefficient (Wildman–Crippen LogP) is 4.87. The number of benzene rings is 1. The van der Waals surface area contributed by atoms with Crippen LogP contribution in [-0.2, 0) is 11.2 Å². The summed E-state index contributed by atoms with van der Waals surface area (Å²) in [6.45, 7) is 3.23. The van der Waals surface area contributed by atoms with Crippen LogP contribution in [0.1, 0.15) is 69.9 Å². The van der Waals surface area contributed by atoms with Crippen molar-refractivity contribution in [2.24, 2.45) is 5.92 Å². The van der Waals surface area contributed by atoms with Crippen molar-refractivity contribution in [2.75, 3.05) is 18.0 Å². The number of ether oxygens (including phenoxy) is 1. The number of piperidine rings is 1. The number of aromatic nitrogens is 2. The number of hydrogen-bond donors (Lipinski definition) is 1. The molecule has 1 aromatic heterocycles. The lowest BCUT2D eigenvalue weighted by molar-refractivity contribution is -0.120. The number of fused-ring (bicyclic) bond motifs is 1. The van der Waals surface area contributed by atoms with Crippen LogP contribution in [0.4, 0.5) is 10.5 Å². The van der Waals surface area contributed by atoms with Crippen molar-refractivity contribution in [2.45, 2.75) is 82.9 Å². The Kier molecular flexibility index (Phi) is 5.69. The highest BCUT2D eigenvalue weighted by Gasteiger charge is 2.39. The van der Waals surface area contributed by atoms with Gasteiger partial charge in [0.1, 0.15) is 5.75 Å². The predicted molar refractivity (Wildman–Crippen MR) is 132 cm³/mol. The number of anilines is 1. The van der Waals surface area contributed by atoms with Gasteiger partial charge in [-0.3, -0.25) is 9.48 Å². The van der Waals surface area contributed by atoms with Crippen molar-refractivity contribution < 1.29 is 19.4 Å². The highest BCUT2D eigenvalue weighted by Crippen LogP contribution is 2.46. The van der Waals surface area contributed by atoms with E-state index < -0.39 is 6.09 Å². The zero-order valence-electron chi connectivity index (χ0n) is 20.4. The van der Waals surface area contributed by atoms with Crippen LogP contribution in [0.15, 0.2) is 24.5 Å². The Morgan fingerprint density at radius 1 is 1.06 bits per heavy atom. The SMILES string of the molecule is C[C@H]1CCc2c(ccc(-c3cnn(C4CCN(C(=O)O)CC4)c3)c2OC2CCC2)N1C(=O)C1CC1. The maximum Gasteiger partial charge on any atom is 0.407 e. The lowest BCUT2D eigenvalue weighted by Gasteiger charge is -2.38. The van der Waals surface area contributed by atoms with Gasteiger partial charge in [-0.05, 0) is 76.8 Å². The molecular formula is C27H34N4O4. The molecule has 4 aliphatic rings. The fourth-order valence-corrected chi connectivity index (χ4v) is 5.68. The molecule has 35 heavy (non-hydrogen) atoms. The second-order valence-electron chi connectivity index (χ2n) is 10.7. The molecule has 2 aliphatic heterocycles. The number of amides is 2. The zero-order valence-corrected chi connectivity index (χ0v) is 20.4. The normalized spacial score (nSPS) is 23.1. The quantitative estimate of drug-likeness (QED) is 0.662. The van der Waals surface area contributed by atoms with E-state index in [2.05, 4.69) is 30.4 Å². The standard InChI is InChI=1S/C27H34N4O4/c1-17-5-8-23-24(31(17)26(32)18-6-7-18)10-9-22(25(23)35-21-3-2-4-21)19-15-28-30(16-19)20-11-13-29(14-12-20)27(33)34/h9-10,15-18,20-21H,2-8,11-14H2,1H3,(H,33,34)/t17-/m0/s1. The Bertz CT molecular complexity index is 1130. The van der Waals surface area contributed by atoms with Gasteiger partial charge in [0, 0.05) is 47.9 Å². The number of likely N-dealkylation sites (tertiary alicyclic amines) is 1. The number of carboxylic acid groups (broad SMARTS) is 1. The van der Waals surface area contributed by atoms with Crippen molar-refractivity contribution in [3.63, 3.8) is 0 Å². The van der Waals surface area contributed by atoms with Gasteiger partial charge >= 0.3 is 6.09 Å². The average Bonchev–Trinajstić information content (AvgIpc) is 3.57. The zero-order chi connectivity index (χ0) is 24.1. The van der Waals surface area contributed by atoms with Gasteiger partial charge in [-0.25, -0.2) is 4.79 Å². The number of nitrogens with zero attached hydrogens (tertiary/aromatic N) is 4. The van der Waals surface area contributed by atoms with Crippen LogP contribution in [0.3, 0.4) is 0 Å². The first-order chi connectivity index (χ1) is 17.0.